The van der Waals surface area contributed by atoms with Crippen LogP contribution < -0.4 is 10.6 Å². The highest BCUT2D eigenvalue weighted by atomic mass is 15.2. The van der Waals surface area contributed by atoms with Crippen LogP contribution in [0.3, 0.4) is 0 Å². The summed E-state index contributed by atoms with van der Waals surface area (Å²) in [5.41, 5.74) is 2.96. The first-order valence-electron chi connectivity index (χ1n) is 11.3. The predicted octanol–water partition coefficient (Wildman–Crippen LogP) is 2.97. The summed E-state index contributed by atoms with van der Waals surface area (Å²) < 4.78 is 0. The van der Waals surface area contributed by atoms with Crippen molar-refractivity contribution in [1.82, 2.24) is 20.4 Å². The van der Waals surface area contributed by atoms with Gasteiger partial charge in [-0.25, -0.2) is 0 Å². The van der Waals surface area contributed by atoms with Gasteiger partial charge in [0.2, 0.25) is 0 Å². The first-order valence-corrected chi connectivity index (χ1v) is 11.3. The van der Waals surface area contributed by atoms with Crippen LogP contribution in [0.15, 0.2) is 29.3 Å². The number of likely N-dealkylation sites (N-methyl/N-ethyl adjacent to an activating group) is 1. The maximum Gasteiger partial charge on any atom is 0.191 e. The molecule has 1 heterocycles. The zero-order valence-corrected chi connectivity index (χ0v) is 19.6. The molecule has 2 N–H and O–H groups in total. The van der Waals surface area contributed by atoms with Gasteiger partial charge in [0, 0.05) is 52.4 Å². The highest BCUT2D eigenvalue weighted by Gasteiger charge is 2.16. The van der Waals surface area contributed by atoms with Gasteiger partial charge in [-0.2, -0.15) is 0 Å². The number of guanidine groups is 1. The van der Waals surface area contributed by atoms with E-state index in [1.165, 1.54) is 37.3 Å². The van der Waals surface area contributed by atoms with Crippen molar-refractivity contribution in [3.8, 4) is 0 Å². The van der Waals surface area contributed by atoms with E-state index >= 15 is 0 Å². The van der Waals surface area contributed by atoms with E-state index < -0.39 is 0 Å². The molecular weight excluding hydrogens is 358 g/mol. The molecule has 1 fully saturated rings. The van der Waals surface area contributed by atoms with Crippen LogP contribution >= 0.6 is 0 Å². The van der Waals surface area contributed by atoms with E-state index in [1.807, 2.05) is 0 Å². The Morgan fingerprint density at radius 3 is 2.31 bits per heavy atom. The number of nitrogens with one attached hydrogen (secondary N) is 2. The van der Waals surface area contributed by atoms with Gasteiger partial charge in [-0.05, 0) is 42.9 Å². The number of benzene rings is 1. The summed E-state index contributed by atoms with van der Waals surface area (Å²) in [5, 5.41) is 6.88. The maximum atomic E-state index is 4.83. The van der Waals surface area contributed by atoms with E-state index in [0.29, 0.717) is 5.92 Å². The van der Waals surface area contributed by atoms with E-state index in [1.54, 1.807) is 0 Å². The Morgan fingerprint density at radius 1 is 1.07 bits per heavy atom. The van der Waals surface area contributed by atoms with Crippen molar-refractivity contribution < 1.29 is 0 Å². The van der Waals surface area contributed by atoms with Gasteiger partial charge < -0.3 is 20.4 Å². The number of hydrogen-bond donors (Lipinski definition) is 2. The van der Waals surface area contributed by atoms with Crippen molar-refractivity contribution in [1.29, 1.82) is 0 Å². The fourth-order valence-electron chi connectivity index (χ4n) is 3.61. The Labute approximate surface area is 179 Å². The minimum Gasteiger partial charge on any atom is -0.357 e. The average Bonchev–Trinajstić information content (AvgIpc) is 2.67. The summed E-state index contributed by atoms with van der Waals surface area (Å²) in [5.74, 6) is 1.50. The van der Waals surface area contributed by atoms with E-state index in [2.05, 4.69) is 86.4 Å². The highest BCUT2D eigenvalue weighted by molar-refractivity contribution is 5.79. The third-order valence-electron chi connectivity index (χ3n) is 5.60. The van der Waals surface area contributed by atoms with Crippen molar-refractivity contribution in [2.24, 2.45) is 10.9 Å². The molecule has 1 unspecified atom stereocenters. The summed E-state index contributed by atoms with van der Waals surface area (Å²) in [4.78, 5) is 9.81. The van der Waals surface area contributed by atoms with Crippen molar-refractivity contribution in [3.63, 3.8) is 0 Å². The Morgan fingerprint density at radius 2 is 1.72 bits per heavy atom. The van der Waals surface area contributed by atoms with E-state index in [-0.39, 0.29) is 5.41 Å². The molecule has 0 bridgehead atoms. The molecule has 5 nitrogen and oxygen atoms in total. The second-order valence-corrected chi connectivity index (χ2v) is 9.55. The molecule has 0 radical (unpaired) electrons. The molecule has 1 aromatic rings. The average molecular weight is 402 g/mol. The van der Waals surface area contributed by atoms with Gasteiger partial charge >= 0.3 is 0 Å². The topological polar surface area (TPSA) is 42.9 Å². The third kappa shape index (κ3) is 8.75. The predicted molar refractivity (Wildman–Crippen MR) is 126 cm³/mol. The van der Waals surface area contributed by atoms with Gasteiger partial charge in [-0.1, -0.05) is 52.0 Å². The lowest BCUT2D eigenvalue weighted by molar-refractivity contribution is 0.140. The van der Waals surface area contributed by atoms with Gasteiger partial charge in [0.1, 0.15) is 0 Å². The summed E-state index contributed by atoms with van der Waals surface area (Å²) in [6, 6.07) is 9.03. The molecular formula is C24H43N5. The van der Waals surface area contributed by atoms with Crippen molar-refractivity contribution >= 4 is 5.96 Å². The molecule has 29 heavy (non-hydrogen) atoms. The number of aliphatic imine (C=N–C) groups is 1. The fraction of sp³-hybridized carbons (Fsp3) is 0.708. The van der Waals surface area contributed by atoms with Gasteiger partial charge in [0.05, 0.1) is 0 Å². The number of hydrogen-bond acceptors (Lipinski definition) is 3. The first-order chi connectivity index (χ1) is 13.8. The Hall–Kier alpha value is -1.59. The van der Waals surface area contributed by atoms with Crippen molar-refractivity contribution in [2.45, 2.75) is 46.5 Å². The normalized spacial score (nSPS) is 17.9. The monoisotopic (exact) mass is 401 g/mol. The molecule has 2 rings (SSSR count). The van der Waals surface area contributed by atoms with Gasteiger partial charge in [-0.15, -0.1) is 0 Å². The summed E-state index contributed by atoms with van der Waals surface area (Å²) in [6.45, 7) is 19.7. The second-order valence-electron chi connectivity index (χ2n) is 9.55. The van der Waals surface area contributed by atoms with Crippen molar-refractivity contribution in [2.75, 3.05) is 59.4 Å². The fourth-order valence-corrected chi connectivity index (χ4v) is 3.61. The van der Waals surface area contributed by atoms with Gasteiger partial charge in [-0.3, -0.25) is 4.99 Å². The molecule has 1 aliphatic rings. The van der Waals surface area contributed by atoms with Crippen LogP contribution in [0.5, 0.6) is 0 Å². The summed E-state index contributed by atoms with van der Waals surface area (Å²) >= 11 is 0. The van der Waals surface area contributed by atoms with Crippen LogP contribution in [0, 0.1) is 5.92 Å². The SMILES string of the molecule is CCNC(=NCC(C)CN1CCN(C)CC1)NCCc1ccc(C(C)(C)C)cc1. The molecule has 164 valence electrons. The standard InChI is InChI=1S/C24H43N5/c1-7-25-23(27-18-20(2)19-29-16-14-28(6)15-17-29)26-13-12-21-8-10-22(11-9-21)24(3,4)5/h8-11,20H,7,12-19H2,1-6H3,(H2,25,26,27). The van der Waals surface area contributed by atoms with Crippen LogP contribution in [0.1, 0.15) is 45.7 Å². The van der Waals surface area contributed by atoms with Crippen LogP contribution in [0.2, 0.25) is 0 Å². The Bertz CT molecular complexity index is 609. The lowest BCUT2D eigenvalue weighted by atomic mass is 9.86. The van der Waals surface area contributed by atoms with Gasteiger partial charge in [0.15, 0.2) is 5.96 Å². The van der Waals surface area contributed by atoms with Crippen LogP contribution in [0.25, 0.3) is 0 Å². The number of piperazine rings is 1. The summed E-state index contributed by atoms with van der Waals surface area (Å²) in [6.07, 6.45) is 1.01. The third-order valence-corrected chi connectivity index (χ3v) is 5.60. The van der Waals surface area contributed by atoms with E-state index in [4.69, 9.17) is 4.99 Å². The zero-order valence-electron chi connectivity index (χ0n) is 19.6. The zero-order chi connectivity index (χ0) is 21.3. The minimum absolute atomic E-state index is 0.211. The molecule has 0 spiro atoms. The van der Waals surface area contributed by atoms with Crippen molar-refractivity contribution in [3.05, 3.63) is 35.4 Å². The Balaban J connectivity index is 1.76. The van der Waals surface area contributed by atoms with E-state index in [9.17, 15) is 0 Å². The lowest BCUT2D eigenvalue weighted by Crippen LogP contribution is -2.46. The van der Waals surface area contributed by atoms with Gasteiger partial charge in [0.25, 0.3) is 0 Å². The molecule has 1 aliphatic heterocycles. The molecule has 0 saturated carbocycles. The quantitative estimate of drug-likeness (QED) is 0.519. The lowest BCUT2D eigenvalue weighted by Gasteiger charge is -2.33. The number of nitrogens with zero attached hydrogens (tertiary/aromatic N) is 3. The largest absolute Gasteiger partial charge is 0.357 e. The molecule has 0 aliphatic carbocycles. The van der Waals surface area contributed by atoms with Crippen LogP contribution in [-0.4, -0.2) is 75.2 Å². The molecule has 0 aromatic heterocycles. The van der Waals surface area contributed by atoms with Crippen LogP contribution in [0.4, 0.5) is 0 Å². The number of rotatable bonds is 8. The molecule has 5 heteroatoms. The molecule has 0 amide bonds. The van der Waals surface area contributed by atoms with Crippen LogP contribution in [-0.2, 0) is 11.8 Å². The maximum absolute atomic E-state index is 4.83. The molecule has 1 saturated heterocycles. The highest BCUT2D eigenvalue weighted by Crippen LogP contribution is 2.22. The smallest absolute Gasteiger partial charge is 0.191 e. The summed E-state index contributed by atoms with van der Waals surface area (Å²) in [7, 11) is 2.21. The first kappa shape index (κ1) is 23.7. The Kier molecular flexibility index (Phi) is 9.44. The second kappa shape index (κ2) is 11.6. The van der Waals surface area contributed by atoms with E-state index in [0.717, 1.165) is 38.6 Å². The molecule has 1 aromatic carbocycles. The minimum atomic E-state index is 0.211. The molecule has 1 atom stereocenters.